The molecule has 0 radical (unpaired) electrons. The maximum Gasteiger partial charge on any atom is 0.336 e. The lowest BCUT2D eigenvalue weighted by molar-refractivity contribution is -0.384. The minimum Gasteiger partial charge on any atom is -0.478 e. The highest BCUT2D eigenvalue weighted by Gasteiger charge is 2.12. The third kappa shape index (κ3) is 14.3. The van der Waals surface area contributed by atoms with Crippen molar-refractivity contribution >= 4 is 29.0 Å². The van der Waals surface area contributed by atoms with E-state index in [0.717, 1.165) is 23.3 Å². The van der Waals surface area contributed by atoms with Gasteiger partial charge in [-0.1, -0.05) is 124 Å². The highest BCUT2D eigenvalue weighted by molar-refractivity contribution is 6.16. The van der Waals surface area contributed by atoms with Crippen LogP contribution in [0.3, 0.4) is 0 Å². The molecule has 2 aromatic rings. The number of nitro benzene ring substituents is 1. The molecule has 0 atom stereocenters. The number of nitro groups is 1. The Morgan fingerprint density at radius 2 is 1.36 bits per heavy atom. The van der Waals surface area contributed by atoms with E-state index >= 15 is 0 Å². The highest BCUT2D eigenvalue weighted by atomic mass is 16.6. The summed E-state index contributed by atoms with van der Waals surface area (Å²) in [7, 11) is 2.17. The predicted molar refractivity (Wildman–Crippen MR) is 186 cm³/mol. The number of hydrogen-bond acceptors (Lipinski definition) is 4. The summed E-state index contributed by atoms with van der Waals surface area (Å²) in [6.45, 7) is 7.19. The van der Waals surface area contributed by atoms with Gasteiger partial charge in [0.05, 0.1) is 10.5 Å². The largest absolute Gasteiger partial charge is 0.478 e. The fraction of sp³-hybridized carbons (Fsp3) is 0.395. The Morgan fingerprint density at radius 1 is 0.818 bits per heavy atom. The third-order valence-corrected chi connectivity index (χ3v) is 7.54. The minimum atomic E-state index is -1.09. The summed E-state index contributed by atoms with van der Waals surface area (Å²) in [6, 6.07) is 14.2. The number of carboxylic acids is 1. The average Bonchev–Trinajstić information content (AvgIpc) is 3.02. The van der Waals surface area contributed by atoms with Crippen molar-refractivity contribution in [2.24, 2.45) is 0 Å². The molecule has 6 heteroatoms. The summed E-state index contributed by atoms with van der Waals surface area (Å²) in [6.07, 6.45) is 26.8. The van der Waals surface area contributed by atoms with Gasteiger partial charge < -0.3 is 10.0 Å². The number of allylic oxidation sites excluding steroid dienone is 8. The Kier molecular flexibility index (Phi) is 16.9. The summed E-state index contributed by atoms with van der Waals surface area (Å²) < 4.78 is 0. The first-order chi connectivity index (χ1) is 21.2. The second-order valence-electron chi connectivity index (χ2n) is 11.4. The molecule has 2 aromatic carbocycles. The van der Waals surface area contributed by atoms with Crippen LogP contribution in [0.25, 0.3) is 11.6 Å². The molecule has 0 aliphatic rings. The fourth-order valence-corrected chi connectivity index (χ4v) is 4.81. The molecule has 0 aliphatic carbocycles. The normalized spacial score (nSPS) is 12.8. The zero-order chi connectivity index (χ0) is 32.2. The number of benzene rings is 2. The van der Waals surface area contributed by atoms with Crippen LogP contribution < -0.4 is 4.90 Å². The molecule has 0 fully saturated rings. The summed E-state index contributed by atoms with van der Waals surface area (Å²) in [5.74, 6) is -1.09. The summed E-state index contributed by atoms with van der Waals surface area (Å²) in [5.41, 5.74) is 4.63. The summed E-state index contributed by atoms with van der Waals surface area (Å²) in [5, 5.41) is 20.5. The molecule has 2 rings (SSSR count). The van der Waals surface area contributed by atoms with Crippen molar-refractivity contribution < 1.29 is 14.8 Å². The second-order valence-corrected chi connectivity index (χ2v) is 11.4. The Labute approximate surface area is 264 Å². The molecule has 0 spiro atoms. The maximum atomic E-state index is 11.8. The van der Waals surface area contributed by atoms with Crippen LogP contribution in [-0.4, -0.2) is 29.6 Å². The van der Waals surface area contributed by atoms with E-state index in [1.54, 1.807) is 6.08 Å². The van der Waals surface area contributed by atoms with Gasteiger partial charge >= 0.3 is 5.97 Å². The van der Waals surface area contributed by atoms with Crippen molar-refractivity contribution in [3.05, 3.63) is 117 Å². The zero-order valence-electron chi connectivity index (χ0n) is 27.0. The molecule has 0 saturated heterocycles. The molecular formula is C38H50N2O4. The molecule has 0 bridgehead atoms. The van der Waals surface area contributed by atoms with Crippen LogP contribution in [-0.2, 0) is 4.79 Å². The van der Waals surface area contributed by atoms with Gasteiger partial charge in [-0.25, -0.2) is 4.79 Å². The number of rotatable bonds is 20. The molecule has 1 N–H and O–H groups in total. The van der Waals surface area contributed by atoms with Crippen molar-refractivity contribution in [1.29, 1.82) is 0 Å². The molecule has 236 valence electrons. The molecule has 0 aromatic heterocycles. The number of anilines is 1. The number of unbranched alkanes of at least 4 members (excludes halogenated alkanes) is 9. The lowest BCUT2D eigenvalue weighted by Crippen LogP contribution is -2.18. The zero-order valence-corrected chi connectivity index (χ0v) is 27.0. The molecule has 0 unspecified atom stereocenters. The van der Waals surface area contributed by atoms with Crippen LogP contribution in [0.15, 0.2) is 96.1 Å². The number of nitrogens with zero attached hydrogens (tertiary/aromatic N) is 2. The van der Waals surface area contributed by atoms with Crippen LogP contribution in [0.2, 0.25) is 0 Å². The van der Waals surface area contributed by atoms with E-state index < -0.39 is 10.9 Å². The maximum absolute atomic E-state index is 11.8. The van der Waals surface area contributed by atoms with Crippen LogP contribution in [0.4, 0.5) is 11.4 Å². The van der Waals surface area contributed by atoms with Gasteiger partial charge in [-0.2, -0.15) is 0 Å². The first-order valence-electron chi connectivity index (χ1n) is 15.9. The SMILES string of the molecule is CCCCCCCCCCCCN(C)c1ccc(C=CC(C)=CC=CC=C(C)C=C(C(=O)O)c2ccc([N+](=O)[O-])cc2)cc1. The second kappa shape index (κ2) is 20.7. The molecule has 0 amide bonds. The van der Waals surface area contributed by atoms with Crippen molar-refractivity contribution in [1.82, 2.24) is 0 Å². The third-order valence-electron chi connectivity index (χ3n) is 7.54. The lowest BCUT2D eigenvalue weighted by Gasteiger charge is -2.19. The van der Waals surface area contributed by atoms with Gasteiger partial charge in [0.2, 0.25) is 0 Å². The van der Waals surface area contributed by atoms with E-state index in [-0.39, 0.29) is 11.3 Å². The summed E-state index contributed by atoms with van der Waals surface area (Å²) >= 11 is 0. The molecular weight excluding hydrogens is 548 g/mol. The van der Waals surface area contributed by atoms with Gasteiger partial charge in [0.1, 0.15) is 0 Å². The van der Waals surface area contributed by atoms with E-state index in [4.69, 9.17) is 0 Å². The Morgan fingerprint density at radius 3 is 1.91 bits per heavy atom. The van der Waals surface area contributed by atoms with Crippen molar-refractivity contribution in [3.8, 4) is 0 Å². The van der Waals surface area contributed by atoms with E-state index in [0.29, 0.717) is 5.56 Å². The predicted octanol–water partition coefficient (Wildman–Crippen LogP) is 10.6. The van der Waals surface area contributed by atoms with Crippen LogP contribution in [0, 0.1) is 10.1 Å². The van der Waals surface area contributed by atoms with Gasteiger partial charge in [-0.3, -0.25) is 10.1 Å². The molecule has 0 aliphatic heterocycles. The van der Waals surface area contributed by atoms with Gasteiger partial charge in [-0.15, -0.1) is 0 Å². The van der Waals surface area contributed by atoms with Crippen molar-refractivity contribution in [2.45, 2.75) is 85.0 Å². The van der Waals surface area contributed by atoms with E-state index in [1.165, 1.54) is 94.2 Å². The number of carboxylic acid groups (broad SMARTS) is 1. The number of hydrogen-bond donors (Lipinski definition) is 1. The topological polar surface area (TPSA) is 83.7 Å². The Balaban J connectivity index is 1.81. The molecule has 44 heavy (non-hydrogen) atoms. The molecule has 0 saturated carbocycles. The standard InChI is InChI=1S/C38H50N2O4/c1-5-6-7-8-9-10-11-12-13-16-29-39(4)35-25-21-33(22-26-35)20-19-31(2)17-14-15-18-32(3)30-37(38(41)42)34-23-27-36(28-24-34)40(43)44/h14-15,17-28,30H,5-13,16,29H2,1-4H3,(H,41,42). The van der Waals surface area contributed by atoms with Crippen LogP contribution >= 0.6 is 0 Å². The van der Waals surface area contributed by atoms with E-state index in [9.17, 15) is 20.0 Å². The first-order valence-corrected chi connectivity index (χ1v) is 15.9. The van der Waals surface area contributed by atoms with Crippen molar-refractivity contribution in [3.63, 3.8) is 0 Å². The average molecular weight is 599 g/mol. The molecule has 6 nitrogen and oxygen atoms in total. The minimum absolute atomic E-state index is 0.0766. The van der Waals surface area contributed by atoms with E-state index in [1.807, 2.05) is 38.2 Å². The monoisotopic (exact) mass is 598 g/mol. The summed E-state index contributed by atoms with van der Waals surface area (Å²) in [4.78, 5) is 24.5. The van der Waals surface area contributed by atoms with Crippen LogP contribution in [0.1, 0.15) is 96.1 Å². The smallest absolute Gasteiger partial charge is 0.336 e. The number of aliphatic carboxylic acids is 1. The lowest BCUT2D eigenvalue weighted by atomic mass is 10.0. The molecule has 0 heterocycles. The van der Waals surface area contributed by atoms with Crippen LogP contribution in [0.5, 0.6) is 0 Å². The quantitative estimate of drug-likeness (QED) is 0.0539. The number of non-ortho nitro benzene ring substituents is 1. The number of carbonyl (C=O) groups is 1. The van der Waals surface area contributed by atoms with Gasteiger partial charge in [0, 0.05) is 31.4 Å². The first kappa shape index (κ1) is 36.0. The van der Waals surface area contributed by atoms with E-state index in [2.05, 4.69) is 55.3 Å². The Bertz CT molecular complexity index is 1320. The highest BCUT2D eigenvalue weighted by Crippen LogP contribution is 2.21. The van der Waals surface area contributed by atoms with Gasteiger partial charge in [-0.05, 0) is 61.7 Å². The van der Waals surface area contributed by atoms with Gasteiger partial charge in [0.25, 0.3) is 5.69 Å². The van der Waals surface area contributed by atoms with Crippen molar-refractivity contribution in [2.75, 3.05) is 18.5 Å². The fourth-order valence-electron chi connectivity index (χ4n) is 4.81. The Hall–Kier alpha value is -4.19. The van der Waals surface area contributed by atoms with Gasteiger partial charge in [0.15, 0.2) is 0 Å².